The van der Waals surface area contributed by atoms with Crippen LogP contribution in [0.5, 0.6) is 0 Å². The number of hydrogen-bond donors (Lipinski definition) is 2. The summed E-state index contributed by atoms with van der Waals surface area (Å²) in [4.78, 5) is 0. The molecule has 4 nitrogen and oxygen atoms in total. The van der Waals surface area contributed by atoms with Crippen molar-refractivity contribution in [2.24, 2.45) is 17.7 Å². The van der Waals surface area contributed by atoms with Crippen LogP contribution in [0.4, 0.5) is 0 Å². The van der Waals surface area contributed by atoms with Crippen molar-refractivity contribution in [1.82, 2.24) is 5.43 Å². The molecule has 0 spiro atoms. The molecule has 0 amide bonds. The second kappa shape index (κ2) is 5.98. The van der Waals surface area contributed by atoms with Crippen molar-refractivity contribution in [3.63, 3.8) is 0 Å². The first-order valence-corrected chi connectivity index (χ1v) is 8.12. The summed E-state index contributed by atoms with van der Waals surface area (Å²) in [5.41, 5.74) is 2.80. The maximum Gasteiger partial charge on any atom is 0.147 e. The van der Waals surface area contributed by atoms with Crippen LogP contribution in [0, 0.1) is 11.8 Å². The summed E-state index contributed by atoms with van der Waals surface area (Å²) in [6.07, 6.45) is 6.78. The molecule has 3 atom stereocenters. The minimum atomic E-state index is -2.88. The molecular formula is C11H24N2O2S. The molecule has 1 fully saturated rings. The van der Waals surface area contributed by atoms with Gasteiger partial charge in [-0.1, -0.05) is 19.8 Å². The Hall–Kier alpha value is -0.130. The number of sulfone groups is 1. The van der Waals surface area contributed by atoms with E-state index in [1.165, 1.54) is 31.9 Å². The van der Waals surface area contributed by atoms with Gasteiger partial charge in [-0.25, -0.2) is 8.42 Å². The van der Waals surface area contributed by atoms with Crippen molar-refractivity contribution in [2.75, 3.05) is 12.0 Å². The molecule has 1 saturated carbocycles. The molecule has 0 radical (unpaired) electrons. The molecule has 3 unspecified atom stereocenters. The van der Waals surface area contributed by atoms with Crippen LogP contribution in [0.3, 0.4) is 0 Å². The minimum Gasteiger partial charge on any atom is -0.271 e. The highest BCUT2D eigenvalue weighted by Crippen LogP contribution is 2.31. The summed E-state index contributed by atoms with van der Waals surface area (Å²) < 4.78 is 22.3. The Bertz CT molecular complexity index is 303. The largest absolute Gasteiger partial charge is 0.271 e. The molecule has 1 aliphatic carbocycles. The van der Waals surface area contributed by atoms with Crippen molar-refractivity contribution in [1.29, 1.82) is 0 Å². The molecule has 0 heterocycles. The van der Waals surface area contributed by atoms with Crippen molar-refractivity contribution in [3.8, 4) is 0 Å². The molecule has 0 bridgehead atoms. The maximum absolute atomic E-state index is 11.1. The zero-order chi connectivity index (χ0) is 12.2. The van der Waals surface area contributed by atoms with Crippen LogP contribution in [0.25, 0.3) is 0 Å². The topological polar surface area (TPSA) is 72.2 Å². The van der Waals surface area contributed by atoms with Gasteiger partial charge in [0.25, 0.3) is 0 Å². The molecule has 1 rings (SSSR count). The van der Waals surface area contributed by atoms with Gasteiger partial charge in [-0.3, -0.25) is 11.3 Å². The Labute approximate surface area is 98.9 Å². The van der Waals surface area contributed by atoms with E-state index in [-0.39, 0.29) is 11.8 Å². The summed E-state index contributed by atoms with van der Waals surface area (Å²) in [6.45, 7) is 2.26. The lowest BCUT2D eigenvalue weighted by Gasteiger charge is -2.32. The second-order valence-corrected chi connectivity index (χ2v) is 7.48. The summed E-state index contributed by atoms with van der Waals surface area (Å²) >= 11 is 0. The molecule has 0 aromatic heterocycles. The van der Waals surface area contributed by atoms with Gasteiger partial charge in [0.2, 0.25) is 0 Å². The van der Waals surface area contributed by atoms with Gasteiger partial charge in [-0.05, 0) is 31.1 Å². The van der Waals surface area contributed by atoms with Gasteiger partial charge in [0.15, 0.2) is 0 Å². The third-order valence-electron chi connectivity index (χ3n) is 3.56. The third-order valence-corrected chi connectivity index (χ3v) is 4.54. The average molecular weight is 248 g/mol. The van der Waals surface area contributed by atoms with Gasteiger partial charge < -0.3 is 0 Å². The Morgan fingerprint density at radius 1 is 1.44 bits per heavy atom. The lowest BCUT2D eigenvalue weighted by Crippen LogP contribution is -2.43. The highest BCUT2D eigenvalue weighted by molar-refractivity contribution is 7.90. The molecule has 0 saturated heterocycles. The van der Waals surface area contributed by atoms with Crippen LogP contribution >= 0.6 is 0 Å². The monoisotopic (exact) mass is 248 g/mol. The van der Waals surface area contributed by atoms with Crippen LogP contribution < -0.4 is 11.3 Å². The lowest BCUT2D eigenvalue weighted by atomic mass is 9.78. The van der Waals surface area contributed by atoms with E-state index in [1.54, 1.807) is 0 Å². The second-order valence-electron chi connectivity index (χ2n) is 5.22. The quantitative estimate of drug-likeness (QED) is 0.564. The molecule has 3 N–H and O–H groups in total. The van der Waals surface area contributed by atoms with E-state index in [1.807, 2.05) is 0 Å². The Morgan fingerprint density at radius 2 is 2.12 bits per heavy atom. The van der Waals surface area contributed by atoms with E-state index in [0.717, 1.165) is 5.92 Å². The van der Waals surface area contributed by atoms with E-state index in [2.05, 4.69) is 12.3 Å². The van der Waals surface area contributed by atoms with Crippen molar-refractivity contribution in [2.45, 2.75) is 45.1 Å². The van der Waals surface area contributed by atoms with E-state index in [0.29, 0.717) is 12.3 Å². The van der Waals surface area contributed by atoms with Crippen LogP contribution in [-0.2, 0) is 9.84 Å². The maximum atomic E-state index is 11.1. The predicted octanol–water partition coefficient (Wildman–Crippen LogP) is 1.08. The molecule has 0 aliphatic heterocycles. The highest BCUT2D eigenvalue weighted by atomic mass is 32.2. The van der Waals surface area contributed by atoms with E-state index in [9.17, 15) is 8.42 Å². The van der Waals surface area contributed by atoms with Crippen LogP contribution in [0.2, 0.25) is 0 Å². The Kier molecular flexibility index (Phi) is 5.21. The fraction of sp³-hybridized carbons (Fsp3) is 1.00. The highest BCUT2D eigenvalue weighted by Gasteiger charge is 2.26. The first kappa shape index (κ1) is 13.9. The average Bonchev–Trinajstić information content (AvgIpc) is 2.17. The van der Waals surface area contributed by atoms with Crippen molar-refractivity contribution >= 4 is 9.84 Å². The fourth-order valence-electron chi connectivity index (χ4n) is 2.64. The standard InChI is InChI=1S/C11H24N2O2S/c1-9-4-3-5-10(8-9)11(13-12)6-7-16(2,14)15/h9-11,13H,3-8,12H2,1-2H3. The molecule has 1 aliphatic rings. The normalized spacial score (nSPS) is 28.9. The van der Waals surface area contributed by atoms with Gasteiger partial charge in [-0.15, -0.1) is 0 Å². The summed E-state index contributed by atoms with van der Waals surface area (Å²) in [6, 6.07) is 0.150. The SMILES string of the molecule is CC1CCCC(C(CCS(C)(=O)=O)NN)C1. The van der Waals surface area contributed by atoms with Gasteiger partial charge in [0.1, 0.15) is 9.84 Å². The number of hydrazine groups is 1. The van der Waals surface area contributed by atoms with Crippen LogP contribution in [-0.4, -0.2) is 26.5 Å². The van der Waals surface area contributed by atoms with Crippen LogP contribution in [0.1, 0.15) is 39.0 Å². The van der Waals surface area contributed by atoms with Gasteiger partial charge in [0, 0.05) is 12.3 Å². The molecule has 0 aromatic rings. The molecule has 0 aromatic carbocycles. The zero-order valence-corrected chi connectivity index (χ0v) is 11.1. The number of hydrogen-bond acceptors (Lipinski definition) is 4. The molecule has 5 heteroatoms. The molecule has 16 heavy (non-hydrogen) atoms. The number of nitrogens with one attached hydrogen (secondary N) is 1. The summed E-state index contributed by atoms with van der Waals surface area (Å²) in [5.74, 6) is 7.04. The Morgan fingerprint density at radius 3 is 2.62 bits per heavy atom. The number of rotatable bonds is 5. The minimum absolute atomic E-state index is 0.150. The van der Waals surface area contributed by atoms with E-state index in [4.69, 9.17) is 5.84 Å². The number of nitrogens with two attached hydrogens (primary N) is 1. The Balaban J connectivity index is 2.46. The van der Waals surface area contributed by atoms with Gasteiger partial charge in [0.05, 0.1) is 5.75 Å². The predicted molar refractivity (Wildman–Crippen MR) is 66.6 cm³/mol. The smallest absolute Gasteiger partial charge is 0.147 e. The van der Waals surface area contributed by atoms with Gasteiger partial charge in [-0.2, -0.15) is 0 Å². The van der Waals surface area contributed by atoms with E-state index >= 15 is 0 Å². The third kappa shape index (κ3) is 4.80. The summed E-state index contributed by atoms with van der Waals surface area (Å²) in [5, 5.41) is 0. The first-order valence-electron chi connectivity index (χ1n) is 6.06. The zero-order valence-electron chi connectivity index (χ0n) is 10.3. The van der Waals surface area contributed by atoms with Crippen molar-refractivity contribution in [3.05, 3.63) is 0 Å². The lowest BCUT2D eigenvalue weighted by molar-refractivity contribution is 0.219. The van der Waals surface area contributed by atoms with E-state index < -0.39 is 9.84 Å². The van der Waals surface area contributed by atoms with Crippen LogP contribution in [0.15, 0.2) is 0 Å². The van der Waals surface area contributed by atoms with Gasteiger partial charge >= 0.3 is 0 Å². The fourth-order valence-corrected chi connectivity index (χ4v) is 3.32. The van der Waals surface area contributed by atoms with Crippen molar-refractivity contribution < 1.29 is 8.42 Å². The molecule has 96 valence electrons. The molecular weight excluding hydrogens is 224 g/mol. The first-order chi connectivity index (χ1) is 7.42. The summed E-state index contributed by atoms with van der Waals surface area (Å²) in [7, 11) is -2.88.